The number of amides is 1. The van der Waals surface area contributed by atoms with E-state index < -0.39 is 16.8 Å². The lowest BCUT2D eigenvalue weighted by molar-refractivity contribution is -0.389. The number of H-pyrrole nitrogens is 1. The second kappa shape index (κ2) is 5.87. The summed E-state index contributed by atoms with van der Waals surface area (Å²) in [7, 11) is 0. The summed E-state index contributed by atoms with van der Waals surface area (Å²) in [6.45, 7) is 0. The molecule has 0 spiro atoms. The number of nitrogens with one attached hydrogen (secondary N) is 2. The third-order valence-electron chi connectivity index (χ3n) is 2.72. The number of carbonyl (C=O) groups excluding carboxylic acids is 1. The molecule has 2 aromatic rings. The first-order valence-corrected chi connectivity index (χ1v) is 5.92. The van der Waals surface area contributed by atoms with Crippen LogP contribution in [0.2, 0.25) is 0 Å². The number of hydrogen-bond donors (Lipinski definition) is 3. The molecular formula is C13H11N3O5. The number of aliphatic carboxylic acids is 1. The number of carbonyl (C=O) groups is 2. The van der Waals surface area contributed by atoms with Crippen LogP contribution in [0.3, 0.4) is 0 Å². The third kappa shape index (κ3) is 3.44. The highest BCUT2D eigenvalue weighted by molar-refractivity contribution is 6.03. The zero-order valence-electron chi connectivity index (χ0n) is 10.7. The van der Waals surface area contributed by atoms with Gasteiger partial charge in [0.2, 0.25) is 0 Å². The Kier molecular flexibility index (Phi) is 3.98. The number of aromatic amines is 1. The number of nitro groups is 1. The molecule has 0 bridgehead atoms. The van der Waals surface area contributed by atoms with Crippen molar-refractivity contribution in [3.63, 3.8) is 0 Å². The van der Waals surface area contributed by atoms with Gasteiger partial charge in [0, 0.05) is 11.8 Å². The number of nitrogens with zero attached hydrogens (tertiary/aromatic N) is 1. The van der Waals surface area contributed by atoms with Crippen LogP contribution in [0.1, 0.15) is 16.1 Å². The molecule has 21 heavy (non-hydrogen) atoms. The van der Waals surface area contributed by atoms with Gasteiger partial charge in [0.05, 0.1) is 6.42 Å². The van der Waals surface area contributed by atoms with Crippen LogP contribution in [-0.2, 0) is 11.2 Å². The van der Waals surface area contributed by atoms with E-state index in [4.69, 9.17) is 5.11 Å². The van der Waals surface area contributed by atoms with Crippen LogP contribution in [0, 0.1) is 10.1 Å². The van der Waals surface area contributed by atoms with Crippen LogP contribution >= 0.6 is 0 Å². The summed E-state index contributed by atoms with van der Waals surface area (Å²) in [6.07, 6.45) is -0.235. The first-order chi connectivity index (χ1) is 9.97. The second-order valence-corrected chi connectivity index (χ2v) is 4.20. The van der Waals surface area contributed by atoms with Crippen molar-refractivity contribution in [3.8, 4) is 0 Å². The lowest BCUT2D eigenvalue weighted by Crippen LogP contribution is -2.14. The topological polar surface area (TPSA) is 125 Å². The minimum atomic E-state index is -1.02. The van der Waals surface area contributed by atoms with Crippen LogP contribution in [0.5, 0.6) is 0 Å². The number of rotatable bonds is 5. The Morgan fingerprint density at radius 1 is 1.24 bits per heavy atom. The maximum Gasteiger partial charge on any atom is 0.321 e. The summed E-state index contributed by atoms with van der Waals surface area (Å²) < 4.78 is 0. The minimum Gasteiger partial charge on any atom is -0.481 e. The van der Waals surface area contributed by atoms with Crippen LogP contribution < -0.4 is 5.32 Å². The number of hydrogen-bond acceptors (Lipinski definition) is 4. The lowest BCUT2D eigenvalue weighted by Gasteiger charge is -2.07. The number of carboxylic acid groups (broad SMARTS) is 1. The Balaban J connectivity index is 2.19. The van der Waals surface area contributed by atoms with Crippen molar-refractivity contribution >= 4 is 23.4 Å². The average molecular weight is 289 g/mol. The maximum atomic E-state index is 12.0. The molecule has 1 aromatic carbocycles. The molecule has 0 aliphatic rings. The molecule has 8 heteroatoms. The van der Waals surface area contributed by atoms with Gasteiger partial charge in [-0.05, 0) is 22.6 Å². The molecule has 1 amide bonds. The van der Waals surface area contributed by atoms with Gasteiger partial charge in [-0.2, -0.15) is 0 Å². The summed E-state index contributed by atoms with van der Waals surface area (Å²) in [6, 6.07) is 8.92. The Morgan fingerprint density at radius 2 is 1.95 bits per heavy atom. The van der Waals surface area contributed by atoms with E-state index >= 15 is 0 Å². The van der Waals surface area contributed by atoms with Gasteiger partial charge >= 0.3 is 11.8 Å². The highest BCUT2D eigenvalue weighted by atomic mass is 16.6. The second-order valence-electron chi connectivity index (χ2n) is 4.20. The summed E-state index contributed by atoms with van der Waals surface area (Å²) >= 11 is 0. The fraction of sp³-hybridized carbons (Fsp3) is 0.0769. The van der Waals surface area contributed by atoms with Crippen molar-refractivity contribution in [1.29, 1.82) is 0 Å². The predicted octanol–water partition coefficient (Wildman–Crippen LogP) is 1.80. The van der Waals surface area contributed by atoms with Gasteiger partial charge in [-0.1, -0.05) is 18.2 Å². The normalized spacial score (nSPS) is 10.1. The highest BCUT2D eigenvalue weighted by Gasteiger charge is 2.17. The molecular weight excluding hydrogens is 278 g/mol. The Hall–Kier alpha value is -3.16. The largest absolute Gasteiger partial charge is 0.481 e. The van der Waals surface area contributed by atoms with Crippen molar-refractivity contribution in [2.75, 3.05) is 5.32 Å². The molecule has 1 aromatic heterocycles. The fourth-order valence-corrected chi connectivity index (χ4v) is 1.77. The minimum absolute atomic E-state index is 0.0202. The molecule has 0 saturated carbocycles. The van der Waals surface area contributed by atoms with Crippen LogP contribution in [0.4, 0.5) is 11.5 Å². The monoisotopic (exact) mass is 289 g/mol. The molecule has 108 valence electrons. The van der Waals surface area contributed by atoms with E-state index in [9.17, 15) is 19.7 Å². The van der Waals surface area contributed by atoms with Crippen LogP contribution in [-0.4, -0.2) is 26.9 Å². The van der Waals surface area contributed by atoms with Crippen molar-refractivity contribution in [1.82, 2.24) is 4.98 Å². The number of para-hydroxylation sites is 1. The lowest BCUT2D eigenvalue weighted by atomic mass is 10.1. The Labute approximate surface area is 118 Å². The van der Waals surface area contributed by atoms with E-state index in [-0.39, 0.29) is 17.9 Å². The summed E-state index contributed by atoms with van der Waals surface area (Å²) in [5.41, 5.74) is 0.813. The standard InChI is InChI=1S/C13H11N3O5/c17-12(18)7-8-3-1-2-4-9(8)15-13(19)10-5-6-11(14-10)16(20)21/h1-6,14H,7H2,(H,15,19)(H,17,18). The Bertz CT molecular complexity index is 707. The molecule has 0 radical (unpaired) electrons. The van der Waals surface area contributed by atoms with Crippen LogP contribution in [0.15, 0.2) is 36.4 Å². The molecule has 0 atom stereocenters. The van der Waals surface area contributed by atoms with Gasteiger partial charge in [0.15, 0.2) is 5.69 Å². The molecule has 0 unspecified atom stereocenters. The number of aromatic nitrogens is 1. The average Bonchev–Trinajstić information content (AvgIpc) is 2.90. The number of benzene rings is 1. The molecule has 0 saturated heterocycles. The van der Waals surface area contributed by atoms with Gasteiger partial charge in [-0.15, -0.1) is 0 Å². The third-order valence-corrected chi connectivity index (χ3v) is 2.72. The first-order valence-electron chi connectivity index (χ1n) is 5.92. The molecule has 0 aliphatic heterocycles. The summed E-state index contributed by atoms with van der Waals surface area (Å²) in [5, 5.41) is 21.9. The van der Waals surface area contributed by atoms with Crippen molar-refractivity contribution in [2.45, 2.75) is 6.42 Å². The molecule has 1 heterocycles. The molecule has 3 N–H and O–H groups in total. The smallest absolute Gasteiger partial charge is 0.321 e. The van der Waals surface area contributed by atoms with E-state index in [2.05, 4.69) is 10.3 Å². The zero-order valence-corrected chi connectivity index (χ0v) is 10.7. The SMILES string of the molecule is O=C(O)Cc1ccccc1NC(=O)c1ccc([N+](=O)[O-])[nH]1. The number of carboxylic acids is 1. The van der Waals surface area contributed by atoms with E-state index in [0.717, 1.165) is 0 Å². The van der Waals surface area contributed by atoms with E-state index in [0.29, 0.717) is 11.3 Å². The summed E-state index contributed by atoms with van der Waals surface area (Å²) in [4.78, 5) is 35.0. The highest BCUT2D eigenvalue weighted by Crippen LogP contribution is 2.17. The van der Waals surface area contributed by atoms with Crippen molar-refractivity contribution < 1.29 is 19.6 Å². The maximum absolute atomic E-state index is 12.0. The van der Waals surface area contributed by atoms with Gasteiger partial charge in [0.25, 0.3) is 5.91 Å². The van der Waals surface area contributed by atoms with E-state index in [1.165, 1.54) is 12.1 Å². The van der Waals surface area contributed by atoms with Gasteiger partial charge in [0.1, 0.15) is 0 Å². The zero-order chi connectivity index (χ0) is 15.4. The predicted molar refractivity (Wildman–Crippen MR) is 73.2 cm³/mol. The first kappa shape index (κ1) is 14.3. The van der Waals surface area contributed by atoms with Crippen molar-refractivity contribution in [3.05, 3.63) is 57.8 Å². The van der Waals surface area contributed by atoms with Gasteiger partial charge < -0.3 is 20.5 Å². The van der Waals surface area contributed by atoms with Gasteiger partial charge in [-0.25, -0.2) is 4.98 Å². The molecule has 8 nitrogen and oxygen atoms in total. The molecule has 0 fully saturated rings. The number of anilines is 1. The fourth-order valence-electron chi connectivity index (χ4n) is 1.77. The summed E-state index contributed by atoms with van der Waals surface area (Å²) in [5.74, 6) is -1.90. The molecule has 2 rings (SSSR count). The quantitative estimate of drug-likeness (QED) is 0.571. The van der Waals surface area contributed by atoms with Crippen LogP contribution in [0.25, 0.3) is 0 Å². The van der Waals surface area contributed by atoms with E-state index in [1.807, 2.05) is 0 Å². The van der Waals surface area contributed by atoms with Gasteiger partial charge in [-0.3, -0.25) is 9.59 Å². The molecule has 0 aliphatic carbocycles. The Morgan fingerprint density at radius 3 is 2.57 bits per heavy atom. The van der Waals surface area contributed by atoms with E-state index in [1.54, 1.807) is 24.3 Å². The van der Waals surface area contributed by atoms with Crippen molar-refractivity contribution in [2.24, 2.45) is 0 Å².